The summed E-state index contributed by atoms with van der Waals surface area (Å²) in [5.74, 6) is -0.165. The van der Waals surface area contributed by atoms with E-state index in [0.29, 0.717) is 5.69 Å². The summed E-state index contributed by atoms with van der Waals surface area (Å²) < 4.78 is 13.6. The molecule has 0 aromatic heterocycles. The van der Waals surface area contributed by atoms with Gasteiger partial charge in [-0.3, -0.25) is 0 Å². The van der Waals surface area contributed by atoms with Gasteiger partial charge in [-0.05, 0) is 30.9 Å². The second kappa shape index (κ2) is 3.49. The molecule has 1 aliphatic carbocycles. The molecule has 1 aliphatic rings. The zero-order chi connectivity index (χ0) is 11.1. The monoisotopic (exact) mass is 208 g/mol. The number of hydrogen-bond acceptors (Lipinski definition) is 2. The molecule has 1 aromatic carbocycles. The van der Waals surface area contributed by atoms with E-state index in [-0.39, 0.29) is 11.4 Å². The highest BCUT2D eigenvalue weighted by Crippen LogP contribution is 2.38. The van der Waals surface area contributed by atoms with Crippen molar-refractivity contribution in [1.29, 1.82) is 0 Å². The fourth-order valence-electron chi connectivity index (χ4n) is 1.92. The van der Waals surface area contributed by atoms with Gasteiger partial charge in [0.15, 0.2) is 0 Å². The van der Waals surface area contributed by atoms with Crippen LogP contribution >= 0.6 is 0 Å². The number of para-hydroxylation sites is 1. The summed E-state index contributed by atoms with van der Waals surface area (Å²) in [5.41, 5.74) is 7.67. The topological polar surface area (TPSA) is 29.3 Å². The maximum absolute atomic E-state index is 13.6. The van der Waals surface area contributed by atoms with Crippen LogP contribution in [0.3, 0.4) is 0 Å². The lowest BCUT2D eigenvalue weighted by Crippen LogP contribution is -2.26. The second-order valence-corrected chi connectivity index (χ2v) is 4.68. The van der Waals surface area contributed by atoms with Crippen LogP contribution < -0.4 is 10.6 Å². The van der Waals surface area contributed by atoms with Gasteiger partial charge in [0.2, 0.25) is 0 Å². The van der Waals surface area contributed by atoms with Gasteiger partial charge < -0.3 is 10.6 Å². The van der Waals surface area contributed by atoms with E-state index in [0.717, 1.165) is 24.8 Å². The number of benzene rings is 1. The molecule has 2 nitrogen and oxygen atoms in total. The van der Waals surface area contributed by atoms with Crippen LogP contribution in [0.15, 0.2) is 18.2 Å². The minimum Gasteiger partial charge on any atom is -0.375 e. The second-order valence-electron chi connectivity index (χ2n) is 4.68. The number of anilines is 1. The molecular formula is C12H17FN2. The molecule has 0 radical (unpaired) electrons. The van der Waals surface area contributed by atoms with Gasteiger partial charge in [0.1, 0.15) is 5.82 Å². The highest BCUT2D eigenvalue weighted by molar-refractivity contribution is 5.54. The number of nitrogens with two attached hydrogens (primary N) is 1. The quantitative estimate of drug-likeness (QED) is 0.822. The Balaban J connectivity index is 2.32. The van der Waals surface area contributed by atoms with Crippen molar-refractivity contribution in [2.24, 2.45) is 5.73 Å². The van der Waals surface area contributed by atoms with E-state index >= 15 is 0 Å². The maximum Gasteiger partial charge on any atom is 0.146 e. The third-order valence-corrected chi connectivity index (χ3v) is 2.95. The number of nitrogens with zero attached hydrogens (tertiary/aromatic N) is 1. The van der Waals surface area contributed by atoms with Gasteiger partial charge in [0.25, 0.3) is 0 Å². The number of halogens is 1. The average molecular weight is 208 g/mol. The Morgan fingerprint density at radius 1 is 1.40 bits per heavy atom. The fourth-order valence-corrected chi connectivity index (χ4v) is 1.92. The van der Waals surface area contributed by atoms with Crippen molar-refractivity contribution >= 4 is 5.69 Å². The van der Waals surface area contributed by atoms with Crippen LogP contribution in [-0.2, 0) is 6.42 Å². The summed E-state index contributed by atoms with van der Waals surface area (Å²) in [6.45, 7) is 0. The molecule has 1 fully saturated rings. The lowest BCUT2D eigenvalue weighted by molar-refractivity contribution is 0.616. The third kappa shape index (κ3) is 2.12. The molecule has 0 bridgehead atoms. The molecule has 0 spiro atoms. The van der Waals surface area contributed by atoms with Gasteiger partial charge in [0.05, 0.1) is 5.69 Å². The van der Waals surface area contributed by atoms with Gasteiger partial charge in [-0.2, -0.15) is 0 Å². The molecule has 1 aromatic rings. The molecule has 0 saturated heterocycles. The van der Waals surface area contributed by atoms with Crippen molar-refractivity contribution in [3.05, 3.63) is 29.6 Å². The Morgan fingerprint density at radius 2 is 2.07 bits per heavy atom. The molecule has 82 valence electrons. The molecule has 2 N–H and O–H groups in total. The predicted octanol–water partition coefficient (Wildman–Crippen LogP) is 1.93. The smallest absolute Gasteiger partial charge is 0.146 e. The van der Waals surface area contributed by atoms with Crippen LogP contribution in [0.25, 0.3) is 0 Å². The van der Waals surface area contributed by atoms with Crippen LogP contribution in [0.1, 0.15) is 18.4 Å². The van der Waals surface area contributed by atoms with E-state index in [1.807, 2.05) is 25.1 Å². The highest BCUT2D eigenvalue weighted by atomic mass is 19.1. The normalized spacial score (nSPS) is 17.6. The average Bonchev–Trinajstić information content (AvgIpc) is 2.82. The zero-order valence-electron chi connectivity index (χ0n) is 9.26. The SMILES string of the molecule is CN(C)c1c(F)cccc1CC1(N)CC1. The first-order chi connectivity index (χ1) is 7.02. The van der Waals surface area contributed by atoms with Crippen LogP contribution in [0.2, 0.25) is 0 Å². The van der Waals surface area contributed by atoms with Crippen LogP contribution in [0.4, 0.5) is 10.1 Å². The summed E-state index contributed by atoms with van der Waals surface area (Å²) in [5, 5.41) is 0. The molecule has 15 heavy (non-hydrogen) atoms. The van der Waals surface area contributed by atoms with Gasteiger partial charge in [0, 0.05) is 19.6 Å². The number of rotatable bonds is 3. The van der Waals surface area contributed by atoms with E-state index in [2.05, 4.69) is 0 Å². The minimum absolute atomic E-state index is 0.0709. The maximum atomic E-state index is 13.6. The Morgan fingerprint density at radius 3 is 2.60 bits per heavy atom. The molecule has 1 saturated carbocycles. The van der Waals surface area contributed by atoms with Gasteiger partial charge in [-0.25, -0.2) is 4.39 Å². The van der Waals surface area contributed by atoms with Crippen molar-refractivity contribution in [3.63, 3.8) is 0 Å². The van der Waals surface area contributed by atoms with Crippen molar-refractivity contribution < 1.29 is 4.39 Å². The largest absolute Gasteiger partial charge is 0.375 e. The van der Waals surface area contributed by atoms with Gasteiger partial charge >= 0.3 is 0 Å². The van der Waals surface area contributed by atoms with E-state index in [4.69, 9.17) is 5.73 Å². The van der Waals surface area contributed by atoms with E-state index in [1.165, 1.54) is 6.07 Å². The summed E-state index contributed by atoms with van der Waals surface area (Å²) in [4.78, 5) is 1.82. The number of hydrogen-bond donors (Lipinski definition) is 1. The highest BCUT2D eigenvalue weighted by Gasteiger charge is 2.38. The Hall–Kier alpha value is -1.09. The van der Waals surface area contributed by atoms with Crippen LogP contribution in [0.5, 0.6) is 0 Å². The predicted molar refractivity (Wildman–Crippen MR) is 60.6 cm³/mol. The van der Waals surface area contributed by atoms with Crippen molar-refractivity contribution in [2.45, 2.75) is 24.8 Å². The van der Waals surface area contributed by atoms with Crippen LogP contribution in [-0.4, -0.2) is 19.6 Å². The Bertz CT molecular complexity index is 370. The minimum atomic E-state index is -0.165. The van der Waals surface area contributed by atoms with E-state index < -0.39 is 0 Å². The Kier molecular flexibility index (Phi) is 2.43. The summed E-state index contributed by atoms with van der Waals surface area (Å²) in [7, 11) is 3.72. The van der Waals surface area contributed by atoms with Gasteiger partial charge in [-0.15, -0.1) is 0 Å². The van der Waals surface area contributed by atoms with Crippen molar-refractivity contribution in [1.82, 2.24) is 0 Å². The molecule has 3 heteroatoms. The lowest BCUT2D eigenvalue weighted by atomic mass is 10.0. The molecule has 2 rings (SSSR count). The van der Waals surface area contributed by atoms with Crippen molar-refractivity contribution in [2.75, 3.05) is 19.0 Å². The first-order valence-corrected chi connectivity index (χ1v) is 5.25. The molecule has 0 amide bonds. The molecule has 0 atom stereocenters. The molecule has 0 heterocycles. The molecule has 0 unspecified atom stereocenters. The summed E-state index contributed by atoms with van der Waals surface area (Å²) in [6.07, 6.45) is 2.88. The first-order valence-electron chi connectivity index (χ1n) is 5.25. The fraction of sp³-hybridized carbons (Fsp3) is 0.500. The van der Waals surface area contributed by atoms with E-state index in [1.54, 1.807) is 6.07 Å². The Labute approximate surface area is 89.9 Å². The molecule has 0 aliphatic heterocycles. The zero-order valence-corrected chi connectivity index (χ0v) is 9.26. The third-order valence-electron chi connectivity index (χ3n) is 2.95. The van der Waals surface area contributed by atoms with E-state index in [9.17, 15) is 4.39 Å². The first kappa shape index (κ1) is 10.4. The van der Waals surface area contributed by atoms with Crippen LogP contribution in [0, 0.1) is 5.82 Å². The lowest BCUT2D eigenvalue weighted by Gasteiger charge is -2.20. The van der Waals surface area contributed by atoms with Gasteiger partial charge in [-0.1, -0.05) is 12.1 Å². The molecular weight excluding hydrogens is 191 g/mol. The summed E-state index contributed by atoms with van der Waals surface area (Å²) >= 11 is 0. The summed E-state index contributed by atoms with van der Waals surface area (Å²) in [6, 6.07) is 5.21. The standard InChI is InChI=1S/C12H17FN2/c1-15(2)11-9(4-3-5-10(11)13)8-12(14)6-7-12/h3-5H,6-8,14H2,1-2H3. The van der Waals surface area contributed by atoms with Crippen molar-refractivity contribution in [3.8, 4) is 0 Å².